The van der Waals surface area contributed by atoms with Crippen molar-refractivity contribution >= 4 is 10.0 Å². The Labute approximate surface area is 134 Å². The molecule has 7 heteroatoms. The molecule has 0 spiro atoms. The van der Waals surface area contributed by atoms with E-state index in [0.717, 1.165) is 11.4 Å². The van der Waals surface area contributed by atoms with Crippen molar-refractivity contribution in [2.75, 3.05) is 6.54 Å². The second-order valence-corrected chi connectivity index (χ2v) is 8.21. The maximum Gasteiger partial charge on any atom is 0.243 e. The van der Waals surface area contributed by atoms with Crippen LogP contribution < -0.4 is 0 Å². The van der Waals surface area contributed by atoms with E-state index in [1.54, 1.807) is 6.92 Å². The van der Waals surface area contributed by atoms with E-state index in [0.29, 0.717) is 31.1 Å². The summed E-state index contributed by atoms with van der Waals surface area (Å²) in [5.41, 5.74) is 2.45. The van der Waals surface area contributed by atoms with Gasteiger partial charge in [-0.3, -0.25) is 4.68 Å². The summed E-state index contributed by atoms with van der Waals surface area (Å²) in [6.07, 6.45) is 2.35. The van der Waals surface area contributed by atoms with E-state index in [9.17, 15) is 12.8 Å². The van der Waals surface area contributed by atoms with Crippen molar-refractivity contribution < 1.29 is 12.8 Å². The third kappa shape index (κ3) is 2.57. The van der Waals surface area contributed by atoms with E-state index < -0.39 is 15.8 Å². The zero-order chi connectivity index (χ0) is 16.2. The Morgan fingerprint density at radius 2 is 2.00 bits per heavy atom. The molecule has 0 radical (unpaired) electrons. The van der Waals surface area contributed by atoms with Gasteiger partial charge in [0, 0.05) is 12.5 Å². The lowest BCUT2D eigenvalue weighted by molar-refractivity contribution is 0.326. The SMILES string of the molecule is Cc1cc(F)ccc1S(=O)(=O)N1CCn2nc(C3CC3)cc2C1. The molecule has 1 aliphatic heterocycles. The molecule has 0 unspecified atom stereocenters. The number of aromatic nitrogens is 2. The molecule has 0 saturated heterocycles. The standard InChI is InChI=1S/C16H18FN3O2S/c1-11-8-13(17)4-5-16(11)23(21,22)19-6-7-20-14(10-19)9-15(18-20)12-2-3-12/h4-5,8-9,12H,2-3,6-7,10H2,1H3. The van der Waals surface area contributed by atoms with E-state index in [4.69, 9.17) is 0 Å². The first-order valence-electron chi connectivity index (χ1n) is 7.78. The van der Waals surface area contributed by atoms with Crippen molar-refractivity contribution in [3.63, 3.8) is 0 Å². The molecule has 122 valence electrons. The van der Waals surface area contributed by atoms with Crippen LogP contribution in [0, 0.1) is 12.7 Å². The minimum Gasteiger partial charge on any atom is -0.267 e. The van der Waals surface area contributed by atoms with Crippen LogP contribution in [-0.4, -0.2) is 29.0 Å². The van der Waals surface area contributed by atoms with E-state index in [1.165, 1.54) is 35.3 Å². The smallest absolute Gasteiger partial charge is 0.243 e. The molecule has 1 aromatic heterocycles. The van der Waals surface area contributed by atoms with E-state index in [-0.39, 0.29) is 4.90 Å². The maximum atomic E-state index is 13.2. The Kier molecular flexibility index (Phi) is 3.32. The Morgan fingerprint density at radius 1 is 1.22 bits per heavy atom. The summed E-state index contributed by atoms with van der Waals surface area (Å²) in [7, 11) is -3.62. The zero-order valence-electron chi connectivity index (χ0n) is 12.9. The van der Waals surface area contributed by atoms with E-state index in [1.807, 2.05) is 10.7 Å². The average Bonchev–Trinajstić information content (AvgIpc) is 3.25. The van der Waals surface area contributed by atoms with Gasteiger partial charge in [-0.05, 0) is 49.6 Å². The first-order valence-corrected chi connectivity index (χ1v) is 9.22. The number of fused-ring (bicyclic) bond motifs is 1. The van der Waals surface area contributed by atoms with Gasteiger partial charge in [0.2, 0.25) is 10.0 Å². The molecule has 4 rings (SSSR count). The lowest BCUT2D eigenvalue weighted by Crippen LogP contribution is -2.38. The number of benzene rings is 1. The van der Waals surface area contributed by atoms with Gasteiger partial charge in [-0.1, -0.05) is 0 Å². The lowest BCUT2D eigenvalue weighted by Gasteiger charge is -2.27. The fourth-order valence-corrected chi connectivity index (χ4v) is 4.70. The van der Waals surface area contributed by atoms with Crippen LogP contribution in [0.2, 0.25) is 0 Å². The number of aryl methyl sites for hydroxylation is 1. The maximum absolute atomic E-state index is 13.2. The van der Waals surface area contributed by atoms with Crippen molar-refractivity contribution in [2.45, 2.75) is 43.7 Å². The number of halogens is 1. The Hall–Kier alpha value is -1.73. The Morgan fingerprint density at radius 3 is 2.70 bits per heavy atom. The topological polar surface area (TPSA) is 55.2 Å². The van der Waals surface area contributed by atoms with Crippen LogP contribution in [0.4, 0.5) is 4.39 Å². The number of nitrogens with zero attached hydrogens (tertiary/aromatic N) is 3. The van der Waals surface area contributed by atoms with Gasteiger partial charge in [0.05, 0.1) is 29.4 Å². The molecule has 0 atom stereocenters. The molecule has 1 saturated carbocycles. The van der Waals surface area contributed by atoms with Gasteiger partial charge in [0.15, 0.2) is 0 Å². The molecular formula is C16H18FN3O2S. The molecule has 5 nitrogen and oxygen atoms in total. The predicted molar refractivity (Wildman–Crippen MR) is 82.9 cm³/mol. The van der Waals surface area contributed by atoms with Crippen LogP contribution in [0.1, 0.15) is 35.7 Å². The second-order valence-electron chi connectivity index (χ2n) is 6.31. The summed E-state index contributed by atoms with van der Waals surface area (Å²) in [5.74, 6) is 0.129. The molecule has 1 aliphatic carbocycles. The van der Waals surface area contributed by atoms with Crippen molar-refractivity contribution in [1.82, 2.24) is 14.1 Å². The van der Waals surface area contributed by atoms with Gasteiger partial charge in [0.1, 0.15) is 5.82 Å². The lowest BCUT2D eigenvalue weighted by atomic mass is 10.2. The molecule has 2 heterocycles. The second kappa shape index (κ2) is 5.14. The van der Waals surface area contributed by atoms with Crippen molar-refractivity contribution in [1.29, 1.82) is 0 Å². The third-order valence-electron chi connectivity index (χ3n) is 4.53. The van der Waals surface area contributed by atoms with E-state index in [2.05, 4.69) is 5.10 Å². The van der Waals surface area contributed by atoms with E-state index >= 15 is 0 Å². The summed E-state index contributed by atoms with van der Waals surface area (Å²) in [6.45, 7) is 2.88. The summed E-state index contributed by atoms with van der Waals surface area (Å²) < 4.78 is 42.3. The first kappa shape index (κ1) is 14.8. The van der Waals surface area contributed by atoms with Gasteiger partial charge in [-0.2, -0.15) is 9.40 Å². The molecule has 0 bridgehead atoms. The molecule has 1 fully saturated rings. The monoisotopic (exact) mass is 335 g/mol. The minimum absolute atomic E-state index is 0.175. The number of rotatable bonds is 3. The highest BCUT2D eigenvalue weighted by Crippen LogP contribution is 2.40. The third-order valence-corrected chi connectivity index (χ3v) is 6.54. The van der Waals surface area contributed by atoms with Crippen LogP contribution in [-0.2, 0) is 23.1 Å². The van der Waals surface area contributed by atoms with Crippen LogP contribution in [0.3, 0.4) is 0 Å². The minimum atomic E-state index is -3.62. The fourth-order valence-electron chi connectivity index (χ4n) is 3.09. The summed E-state index contributed by atoms with van der Waals surface area (Å²) >= 11 is 0. The molecular weight excluding hydrogens is 317 g/mol. The molecule has 1 aromatic carbocycles. The quantitative estimate of drug-likeness (QED) is 0.865. The molecule has 0 N–H and O–H groups in total. The van der Waals surface area contributed by atoms with Crippen LogP contribution in [0.5, 0.6) is 0 Å². The van der Waals surface area contributed by atoms with Crippen LogP contribution in [0.15, 0.2) is 29.2 Å². The number of hydrogen-bond acceptors (Lipinski definition) is 3. The summed E-state index contributed by atoms with van der Waals surface area (Å²) in [5, 5.41) is 4.58. The molecule has 0 amide bonds. The highest BCUT2D eigenvalue weighted by molar-refractivity contribution is 7.89. The molecule has 23 heavy (non-hydrogen) atoms. The van der Waals surface area contributed by atoms with Crippen molar-refractivity contribution in [2.24, 2.45) is 0 Å². The Balaban J connectivity index is 1.64. The number of sulfonamides is 1. The first-order chi connectivity index (χ1) is 10.9. The van der Waals surface area contributed by atoms with Gasteiger partial charge in [0.25, 0.3) is 0 Å². The normalized spacial score (nSPS) is 18.9. The Bertz CT molecular complexity index is 871. The highest BCUT2D eigenvalue weighted by atomic mass is 32.2. The largest absolute Gasteiger partial charge is 0.267 e. The van der Waals surface area contributed by atoms with Crippen molar-refractivity contribution in [3.8, 4) is 0 Å². The molecule has 2 aromatic rings. The summed E-state index contributed by atoms with van der Waals surface area (Å²) in [6, 6.07) is 5.82. The van der Waals surface area contributed by atoms with Crippen LogP contribution in [0.25, 0.3) is 0 Å². The van der Waals surface area contributed by atoms with Gasteiger partial charge in [-0.25, -0.2) is 12.8 Å². The highest BCUT2D eigenvalue weighted by Gasteiger charge is 2.33. The number of hydrogen-bond donors (Lipinski definition) is 0. The van der Waals surface area contributed by atoms with Gasteiger partial charge in [-0.15, -0.1) is 0 Å². The van der Waals surface area contributed by atoms with Crippen LogP contribution >= 0.6 is 0 Å². The molecule has 2 aliphatic rings. The van der Waals surface area contributed by atoms with Gasteiger partial charge >= 0.3 is 0 Å². The zero-order valence-corrected chi connectivity index (χ0v) is 13.7. The predicted octanol–water partition coefficient (Wildman–Crippen LogP) is 2.41. The fraction of sp³-hybridized carbons (Fsp3) is 0.438. The van der Waals surface area contributed by atoms with Crippen molar-refractivity contribution in [3.05, 3.63) is 47.0 Å². The van der Waals surface area contributed by atoms with Gasteiger partial charge < -0.3 is 0 Å². The average molecular weight is 335 g/mol. The summed E-state index contributed by atoms with van der Waals surface area (Å²) in [4.78, 5) is 0.175.